The molecule has 0 atom stereocenters. The number of ether oxygens (including phenoxy) is 2. The lowest BCUT2D eigenvalue weighted by molar-refractivity contribution is -0.123. The van der Waals surface area contributed by atoms with Gasteiger partial charge in [0.2, 0.25) is 0 Å². The molecule has 2 aromatic carbocycles. The molecule has 2 aromatic rings. The molecule has 1 N–H and O–H groups in total. The number of halogens is 2. The molecule has 128 valence electrons. The number of carbonyl (C=O) groups excluding carboxylic acids is 1. The summed E-state index contributed by atoms with van der Waals surface area (Å²) >= 11 is 11.7. The first-order chi connectivity index (χ1) is 11.4. The van der Waals surface area contributed by atoms with Crippen molar-refractivity contribution in [2.45, 2.75) is 26.5 Å². The molecule has 0 aliphatic heterocycles. The molecule has 1 amide bonds. The van der Waals surface area contributed by atoms with Gasteiger partial charge < -0.3 is 14.8 Å². The minimum atomic E-state index is -0.219. The van der Waals surface area contributed by atoms with E-state index in [1.807, 2.05) is 38.1 Å². The second kappa shape index (κ2) is 8.81. The number of hydrogen-bond acceptors (Lipinski definition) is 3. The molecule has 0 aliphatic rings. The van der Waals surface area contributed by atoms with E-state index < -0.39 is 0 Å². The second-order valence-electron chi connectivity index (χ2n) is 5.45. The Morgan fingerprint density at radius 3 is 2.33 bits per heavy atom. The van der Waals surface area contributed by atoms with Crippen LogP contribution in [0.15, 0.2) is 42.5 Å². The van der Waals surface area contributed by atoms with Crippen molar-refractivity contribution in [3.63, 3.8) is 0 Å². The summed E-state index contributed by atoms with van der Waals surface area (Å²) in [6.07, 6.45) is 0.133. The highest BCUT2D eigenvalue weighted by Crippen LogP contribution is 2.26. The summed E-state index contributed by atoms with van der Waals surface area (Å²) in [5.41, 5.74) is 0.981. The van der Waals surface area contributed by atoms with E-state index in [1.54, 1.807) is 18.2 Å². The van der Waals surface area contributed by atoms with Crippen LogP contribution in [0.1, 0.15) is 19.4 Å². The summed E-state index contributed by atoms with van der Waals surface area (Å²) in [6.45, 7) is 4.28. The Morgan fingerprint density at radius 1 is 1.04 bits per heavy atom. The average molecular weight is 368 g/mol. The predicted octanol–water partition coefficient (Wildman–Crippen LogP) is 4.48. The summed E-state index contributed by atoms with van der Waals surface area (Å²) in [6, 6.07) is 12.5. The Hall–Kier alpha value is -1.91. The van der Waals surface area contributed by atoms with Gasteiger partial charge in [0.25, 0.3) is 5.91 Å². The van der Waals surface area contributed by atoms with Gasteiger partial charge in [-0.1, -0.05) is 35.3 Å². The number of rotatable bonds is 7. The van der Waals surface area contributed by atoms with Crippen molar-refractivity contribution in [1.82, 2.24) is 5.32 Å². The van der Waals surface area contributed by atoms with Gasteiger partial charge in [-0.15, -0.1) is 0 Å². The van der Waals surface area contributed by atoms with Crippen LogP contribution in [0.3, 0.4) is 0 Å². The van der Waals surface area contributed by atoms with Crippen LogP contribution in [0.4, 0.5) is 0 Å². The van der Waals surface area contributed by atoms with Crippen LogP contribution in [-0.4, -0.2) is 18.6 Å². The van der Waals surface area contributed by atoms with E-state index in [0.717, 1.165) is 11.3 Å². The first-order valence-electron chi connectivity index (χ1n) is 7.54. The quantitative estimate of drug-likeness (QED) is 0.784. The summed E-state index contributed by atoms with van der Waals surface area (Å²) in [5, 5.41) is 3.62. The molecule has 0 aromatic heterocycles. The van der Waals surface area contributed by atoms with E-state index in [9.17, 15) is 4.79 Å². The molecule has 0 unspecified atom stereocenters. The minimum Gasteiger partial charge on any atom is -0.491 e. The van der Waals surface area contributed by atoms with Gasteiger partial charge in [0.1, 0.15) is 11.5 Å². The Labute approximate surface area is 151 Å². The van der Waals surface area contributed by atoms with Crippen LogP contribution in [0.25, 0.3) is 0 Å². The van der Waals surface area contributed by atoms with Gasteiger partial charge in [0, 0.05) is 12.6 Å². The third-order valence-corrected chi connectivity index (χ3v) is 3.78. The Morgan fingerprint density at radius 2 is 1.71 bits per heavy atom. The molecular weight excluding hydrogens is 349 g/mol. The van der Waals surface area contributed by atoms with Crippen molar-refractivity contribution in [3.05, 3.63) is 58.1 Å². The van der Waals surface area contributed by atoms with Crippen molar-refractivity contribution in [3.8, 4) is 11.5 Å². The molecule has 0 aliphatic carbocycles. The fourth-order valence-electron chi connectivity index (χ4n) is 1.93. The van der Waals surface area contributed by atoms with Gasteiger partial charge in [-0.25, -0.2) is 0 Å². The van der Waals surface area contributed by atoms with Crippen molar-refractivity contribution in [2.75, 3.05) is 6.61 Å². The number of nitrogens with one attached hydrogen (secondary N) is 1. The summed E-state index contributed by atoms with van der Waals surface area (Å²) in [4.78, 5) is 11.8. The van der Waals surface area contributed by atoms with Crippen LogP contribution < -0.4 is 14.8 Å². The largest absolute Gasteiger partial charge is 0.491 e. The third-order valence-electron chi connectivity index (χ3n) is 3.05. The van der Waals surface area contributed by atoms with E-state index in [0.29, 0.717) is 22.3 Å². The lowest BCUT2D eigenvalue weighted by Gasteiger charge is -2.11. The Bertz CT molecular complexity index is 687. The normalized spacial score (nSPS) is 10.5. The van der Waals surface area contributed by atoms with Crippen LogP contribution in [-0.2, 0) is 11.3 Å². The monoisotopic (exact) mass is 367 g/mol. The molecular formula is C18H19Cl2NO3. The van der Waals surface area contributed by atoms with Gasteiger partial charge in [0.05, 0.1) is 16.1 Å². The highest BCUT2D eigenvalue weighted by atomic mass is 35.5. The van der Waals surface area contributed by atoms with Crippen LogP contribution in [0, 0.1) is 0 Å². The average Bonchev–Trinajstić information content (AvgIpc) is 2.55. The van der Waals surface area contributed by atoms with Gasteiger partial charge in [-0.05, 0) is 43.7 Å². The van der Waals surface area contributed by atoms with E-state index >= 15 is 0 Å². The molecule has 0 fully saturated rings. The van der Waals surface area contributed by atoms with Crippen molar-refractivity contribution in [1.29, 1.82) is 0 Å². The summed E-state index contributed by atoms with van der Waals surface area (Å²) in [7, 11) is 0. The first kappa shape index (κ1) is 18.4. The molecule has 0 bridgehead atoms. The molecule has 4 nitrogen and oxygen atoms in total. The highest BCUT2D eigenvalue weighted by molar-refractivity contribution is 6.42. The Kier molecular flexibility index (Phi) is 6.76. The second-order valence-corrected chi connectivity index (χ2v) is 6.27. The maximum Gasteiger partial charge on any atom is 0.258 e. The molecule has 0 saturated heterocycles. The molecule has 0 radical (unpaired) electrons. The fourth-order valence-corrected chi connectivity index (χ4v) is 2.21. The number of amides is 1. The molecule has 6 heteroatoms. The standard InChI is InChI=1S/C18H19Cl2NO3/c1-12(2)24-14-5-3-13(4-6-14)10-21-18(22)11-23-15-7-8-16(19)17(20)9-15/h3-9,12H,10-11H2,1-2H3,(H,21,22). The summed E-state index contributed by atoms with van der Waals surface area (Å²) < 4.78 is 11.0. The predicted molar refractivity (Wildman–Crippen MR) is 96.0 cm³/mol. The number of carbonyl (C=O) groups is 1. The van der Waals surface area contributed by atoms with Crippen molar-refractivity contribution in [2.24, 2.45) is 0 Å². The van der Waals surface area contributed by atoms with Gasteiger partial charge in [-0.2, -0.15) is 0 Å². The van der Waals surface area contributed by atoms with E-state index in [-0.39, 0.29) is 18.6 Å². The fraction of sp³-hybridized carbons (Fsp3) is 0.278. The van der Waals surface area contributed by atoms with Crippen molar-refractivity contribution >= 4 is 29.1 Å². The molecule has 24 heavy (non-hydrogen) atoms. The summed E-state index contributed by atoms with van der Waals surface area (Å²) in [5.74, 6) is 1.08. The van der Waals surface area contributed by atoms with Crippen LogP contribution >= 0.6 is 23.2 Å². The van der Waals surface area contributed by atoms with Crippen molar-refractivity contribution < 1.29 is 14.3 Å². The zero-order valence-electron chi connectivity index (χ0n) is 13.5. The van der Waals surface area contributed by atoms with Gasteiger partial charge in [-0.3, -0.25) is 4.79 Å². The first-order valence-corrected chi connectivity index (χ1v) is 8.30. The lowest BCUT2D eigenvalue weighted by atomic mass is 10.2. The number of hydrogen-bond donors (Lipinski definition) is 1. The van der Waals surface area contributed by atoms with Gasteiger partial charge >= 0.3 is 0 Å². The lowest BCUT2D eigenvalue weighted by Crippen LogP contribution is -2.28. The molecule has 2 rings (SSSR count). The smallest absolute Gasteiger partial charge is 0.258 e. The van der Waals surface area contributed by atoms with E-state index in [4.69, 9.17) is 32.7 Å². The molecule has 0 heterocycles. The number of benzene rings is 2. The van der Waals surface area contributed by atoms with E-state index in [2.05, 4.69) is 5.32 Å². The highest BCUT2D eigenvalue weighted by Gasteiger charge is 2.05. The van der Waals surface area contributed by atoms with Crippen LogP contribution in [0.5, 0.6) is 11.5 Å². The Balaban J connectivity index is 1.77. The maximum absolute atomic E-state index is 11.8. The zero-order valence-corrected chi connectivity index (χ0v) is 15.0. The zero-order chi connectivity index (χ0) is 17.5. The van der Waals surface area contributed by atoms with E-state index in [1.165, 1.54) is 0 Å². The molecule has 0 saturated carbocycles. The van der Waals surface area contributed by atoms with Crippen LogP contribution in [0.2, 0.25) is 10.0 Å². The molecule has 0 spiro atoms. The third kappa shape index (κ3) is 5.95. The maximum atomic E-state index is 11.8. The topological polar surface area (TPSA) is 47.6 Å². The minimum absolute atomic E-state index is 0.0908. The van der Waals surface area contributed by atoms with Gasteiger partial charge in [0.15, 0.2) is 6.61 Å². The SMILES string of the molecule is CC(C)Oc1ccc(CNC(=O)COc2ccc(Cl)c(Cl)c2)cc1.